The molecule has 0 aromatic carbocycles. The summed E-state index contributed by atoms with van der Waals surface area (Å²) >= 11 is 1.40. The van der Waals surface area contributed by atoms with Crippen molar-refractivity contribution >= 4 is 35.4 Å². The number of hydrogen-bond acceptors (Lipinski definition) is 4. The summed E-state index contributed by atoms with van der Waals surface area (Å²) in [5.74, 6) is -1.37. The van der Waals surface area contributed by atoms with Crippen LogP contribution in [0.5, 0.6) is 0 Å². The minimum atomic E-state index is -0.984. The fourth-order valence-electron chi connectivity index (χ4n) is 1.05. The third-order valence-electron chi connectivity index (χ3n) is 1.73. The largest absolute Gasteiger partial charge is 0.478 e. The number of ether oxygens (including phenoxy) is 1. The molecule has 1 heterocycles. The maximum atomic E-state index is 11.0. The highest BCUT2D eigenvalue weighted by molar-refractivity contribution is 7.11. The molecule has 0 radical (unpaired) electrons. The minimum Gasteiger partial charge on any atom is -0.478 e. The minimum absolute atomic E-state index is 0.347. The number of carboxylic acid groups (broad SMARTS) is 1. The number of aliphatic carboxylic acids is 1. The molecular formula is C12H12O4S. The molecule has 1 rings (SSSR count). The summed E-state index contributed by atoms with van der Waals surface area (Å²) in [7, 11) is 0. The van der Waals surface area contributed by atoms with Crippen molar-refractivity contribution < 1.29 is 19.4 Å². The maximum absolute atomic E-state index is 11.0. The Morgan fingerprint density at radius 2 is 2.18 bits per heavy atom. The Balaban J connectivity index is 2.62. The number of esters is 1. The van der Waals surface area contributed by atoms with Gasteiger partial charge in [0.1, 0.15) is 0 Å². The number of carbonyl (C=O) groups excluding carboxylic acids is 1. The van der Waals surface area contributed by atoms with Gasteiger partial charge in [0.15, 0.2) is 0 Å². The van der Waals surface area contributed by atoms with Crippen molar-refractivity contribution in [1.82, 2.24) is 0 Å². The zero-order valence-electron chi connectivity index (χ0n) is 9.25. The van der Waals surface area contributed by atoms with Crippen molar-refractivity contribution in [1.29, 1.82) is 0 Å². The van der Waals surface area contributed by atoms with Crippen molar-refractivity contribution in [2.24, 2.45) is 0 Å². The molecular weight excluding hydrogens is 240 g/mol. The summed E-state index contributed by atoms with van der Waals surface area (Å²) in [5, 5.41) is 10.3. The molecule has 0 aliphatic rings. The van der Waals surface area contributed by atoms with Crippen molar-refractivity contribution in [2.45, 2.75) is 6.92 Å². The fraction of sp³-hybridized carbons (Fsp3) is 0.167. The predicted molar refractivity (Wildman–Crippen MR) is 66.7 cm³/mol. The Morgan fingerprint density at radius 1 is 1.41 bits per heavy atom. The first-order valence-electron chi connectivity index (χ1n) is 4.96. The van der Waals surface area contributed by atoms with Gasteiger partial charge in [0, 0.05) is 17.0 Å². The average molecular weight is 252 g/mol. The van der Waals surface area contributed by atoms with E-state index in [1.165, 1.54) is 23.5 Å². The monoisotopic (exact) mass is 252 g/mol. The van der Waals surface area contributed by atoms with Gasteiger partial charge in [0.25, 0.3) is 0 Å². The molecule has 0 bridgehead atoms. The van der Waals surface area contributed by atoms with Crippen LogP contribution in [0.1, 0.15) is 17.4 Å². The fourth-order valence-corrected chi connectivity index (χ4v) is 1.82. The molecule has 1 N–H and O–H groups in total. The Kier molecular flexibility index (Phi) is 5.16. The van der Waals surface area contributed by atoms with Crippen molar-refractivity contribution in [3.8, 4) is 0 Å². The first-order valence-corrected chi connectivity index (χ1v) is 5.84. The first kappa shape index (κ1) is 13.2. The summed E-state index contributed by atoms with van der Waals surface area (Å²) in [4.78, 5) is 22.2. The lowest BCUT2D eigenvalue weighted by atomic mass is 10.3. The lowest BCUT2D eigenvalue weighted by Crippen LogP contribution is -1.98. The van der Waals surface area contributed by atoms with E-state index in [9.17, 15) is 9.59 Å². The van der Waals surface area contributed by atoms with Crippen LogP contribution >= 0.6 is 11.3 Å². The first-order chi connectivity index (χ1) is 8.11. The van der Waals surface area contributed by atoms with Gasteiger partial charge in [0.05, 0.1) is 6.61 Å². The van der Waals surface area contributed by atoms with Gasteiger partial charge >= 0.3 is 11.9 Å². The van der Waals surface area contributed by atoms with Gasteiger partial charge in [0.2, 0.25) is 0 Å². The van der Waals surface area contributed by atoms with Gasteiger partial charge in [-0.15, -0.1) is 11.3 Å². The van der Waals surface area contributed by atoms with Crippen LogP contribution in [-0.2, 0) is 14.3 Å². The van der Waals surface area contributed by atoms with E-state index in [1.807, 2.05) is 5.38 Å². The lowest BCUT2D eigenvalue weighted by Gasteiger charge is -1.93. The third-order valence-corrected chi connectivity index (χ3v) is 2.64. The smallest absolute Gasteiger partial charge is 0.330 e. The Hall–Kier alpha value is -1.88. The molecule has 0 saturated carbocycles. The number of carboxylic acids is 1. The van der Waals surface area contributed by atoms with E-state index >= 15 is 0 Å². The van der Waals surface area contributed by atoms with Gasteiger partial charge in [-0.2, -0.15) is 0 Å². The number of carbonyl (C=O) groups is 2. The van der Waals surface area contributed by atoms with Crippen LogP contribution in [0.25, 0.3) is 12.2 Å². The molecule has 0 fully saturated rings. The van der Waals surface area contributed by atoms with Crippen LogP contribution in [0.4, 0.5) is 0 Å². The van der Waals surface area contributed by atoms with Crippen LogP contribution in [0.2, 0.25) is 0 Å². The highest BCUT2D eigenvalue weighted by Gasteiger charge is 1.97. The SMILES string of the molecule is CCOC(=O)C=Cc1csc(/C=C/C(=O)O)c1. The highest BCUT2D eigenvalue weighted by Crippen LogP contribution is 2.17. The molecule has 4 nitrogen and oxygen atoms in total. The molecule has 0 unspecified atom stereocenters. The van der Waals surface area contributed by atoms with Crippen molar-refractivity contribution in [3.05, 3.63) is 34.0 Å². The van der Waals surface area contributed by atoms with E-state index in [0.29, 0.717) is 6.61 Å². The number of rotatable bonds is 5. The predicted octanol–water partition coefficient (Wildman–Crippen LogP) is 2.42. The van der Waals surface area contributed by atoms with Crippen LogP contribution in [0.3, 0.4) is 0 Å². The molecule has 0 saturated heterocycles. The summed E-state index contributed by atoms with van der Waals surface area (Å²) in [6, 6.07) is 1.79. The number of thiophene rings is 1. The molecule has 0 atom stereocenters. The Bertz CT molecular complexity index is 457. The van der Waals surface area contributed by atoms with Crippen LogP contribution in [-0.4, -0.2) is 23.7 Å². The van der Waals surface area contributed by atoms with E-state index in [1.54, 1.807) is 19.1 Å². The van der Waals surface area contributed by atoms with Gasteiger partial charge in [-0.05, 0) is 36.1 Å². The zero-order valence-corrected chi connectivity index (χ0v) is 10.1. The molecule has 5 heteroatoms. The zero-order chi connectivity index (χ0) is 12.7. The van der Waals surface area contributed by atoms with E-state index < -0.39 is 5.97 Å². The van der Waals surface area contributed by atoms with E-state index in [0.717, 1.165) is 16.5 Å². The molecule has 0 aliphatic heterocycles. The van der Waals surface area contributed by atoms with E-state index in [4.69, 9.17) is 9.84 Å². The van der Waals surface area contributed by atoms with Gasteiger partial charge < -0.3 is 9.84 Å². The second-order valence-electron chi connectivity index (χ2n) is 3.04. The van der Waals surface area contributed by atoms with Crippen LogP contribution in [0.15, 0.2) is 23.6 Å². The molecule has 0 aliphatic carbocycles. The lowest BCUT2D eigenvalue weighted by molar-refractivity contribution is -0.137. The molecule has 1 aromatic rings. The van der Waals surface area contributed by atoms with Crippen LogP contribution < -0.4 is 0 Å². The molecule has 90 valence electrons. The quantitative estimate of drug-likeness (QED) is 0.645. The molecule has 0 amide bonds. The van der Waals surface area contributed by atoms with E-state index in [-0.39, 0.29) is 5.97 Å². The molecule has 0 spiro atoms. The van der Waals surface area contributed by atoms with Gasteiger partial charge in [-0.1, -0.05) is 0 Å². The second kappa shape index (κ2) is 6.65. The van der Waals surface area contributed by atoms with Crippen molar-refractivity contribution in [2.75, 3.05) is 6.61 Å². The standard InChI is InChI=1S/C12H12O4S/c1-2-16-12(15)6-3-9-7-10(17-8-9)4-5-11(13)14/h3-8H,2H2,1H3,(H,13,14)/b5-4+,6-3?. The average Bonchev–Trinajstić information content (AvgIpc) is 2.72. The normalized spacial score (nSPS) is 11.1. The van der Waals surface area contributed by atoms with Crippen LogP contribution in [0, 0.1) is 0 Å². The summed E-state index contributed by atoms with van der Waals surface area (Å²) in [6.45, 7) is 2.09. The van der Waals surface area contributed by atoms with Crippen molar-refractivity contribution in [3.63, 3.8) is 0 Å². The Labute approximate surface area is 103 Å². The second-order valence-corrected chi connectivity index (χ2v) is 3.98. The van der Waals surface area contributed by atoms with Gasteiger partial charge in [-0.3, -0.25) is 0 Å². The maximum Gasteiger partial charge on any atom is 0.330 e. The number of hydrogen-bond donors (Lipinski definition) is 1. The highest BCUT2D eigenvalue weighted by atomic mass is 32.1. The van der Waals surface area contributed by atoms with Gasteiger partial charge in [-0.25, -0.2) is 9.59 Å². The molecule has 17 heavy (non-hydrogen) atoms. The molecule has 1 aromatic heterocycles. The topological polar surface area (TPSA) is 63.6 Å². The summed E-state index contributed by atoms with van der Waals surface area (Å²) < 4.78 is 4.74. The van der Waals surface area contributed by atoms with E-state index in [2.05, 4.69) is 0 Å². The summed E-state index contributed by atoms with van der Waals surface area (Å²) in [5.41, 5.74) is 0.841. The third kappa shape index (κ3) is 5.12. The Morgan fingerprint density at radius 3 is 2.82 bits per heavy atom. The summed E-state index contributed by atoms with van der Waals surface area (Å²) in [6.07, 6.45) is 5.56.